The van der Waals surface area contributed by atoms with Crippen molar-refractivity contribution in [2.24, 2.45) is 5.92 Å². The summed E-state index contributed by atoms with van der Waals surface area (Å²) in [6.45, 7) is 1.27. The first-order chi connectivity index (χ1) is 12.8. The third kappa shape index (κ3) is 3.40. The van der Waals surface area contributed by atoms with Gasteiger partial charge in [-0.1, -0.05) is 0 Å². The number of sulfonamides is 1. The Morgan fingerprint density at radius 2 is 1.89 bits per heavy atom. The zero-order valence-electron chi connectivity index (χ0n) is 14.8. The predicted molar refractivity (Wildman–Crippen MR) is 100 cm³/mol. The van der Waals surface area contributed by atoms with Crippen LogP contribution >= 0.6 is 0 Å². The summed E-state index contributed by atoms with van der Waals surface area (Å²) < 4.78 is 27.0. The van der Waals surface area contributed by atoms with E-state index in [4.69, 9.17) is 0 Å². The van der Waals surface area contributed by atoms with Crippen molar-refractivity contribution in [2.45, 2.75) is 18.9 Å². The second kappa shape index (κ2) is 6.58. The highest BCUT2D eigenvalue weighted by Crippen LogP contribution is 2.36. The molecule has 0 spiro atoms. The average Bonchev–Trinajstić information content (AvgIpc) is 2.64. The summed E-state index contributed by atoms with van der Waals surface area (Å²) in [5, 5.41) is 2.67. The summed E-state index contributed by atoms with van der Waals surface area (Å²) in [4.78, 5) is 29.1. The van der Waals surface area contributed by atoms with Crippen LogP contribution in [0.2, 0.25) is 0 Å². The maximum Gasteiger partial charge on any atom is 0.274 e. The molecular formula is C18H20N4O4S. The van der Waals surface area contributed by atoms with Crippen molar-refractivity contribution in [3.05, 3.63) is 58.3 Å². The highest BCUT2D eigenvalue weighted by molar-refractivity contribution is 7.88. The first-order valence-corrected chi connectivity index (χ1v) is 10.6. The third-order valence-corrected chi connectivity index (χ3v) is 6.47. The van der Waals surface area contributed by atoms with Crippen LogP contribution in [0.15, 0.2) is 41.5 Å². The number of anilines is 1. The minimum absolute atomic E-state index is 0.00938. The SMILES string of the molecule is CS(=O)(=O)N1C[C@H]2C[C@H](C1)c1ccc(NC(=O)c3ccncc3)c(=O)n1C2. The molecule has 142 valence electrons. The Kier molecular flexibility index (Phi) is 4.35. The van der Waals surface area contributed by atoms with Gasteiger partial charge >= 0.3 is 0 Å². The van der Waals surface area contributed by atoms with Crippen LogP contribution < -0.4 is 10.9 Å². The average molecular weight is 388 g/mol. The van der Waals surface area contributed by atoms with E-state index in [2.05, 4.69) is 10.3 Å². The molecule has 0 saturated carbocycles. The number of hydrogen-bond acceptors (Lipinski definition) is 5. The zero-order chi connectivity index (χ0) is 19.2. The van der Waals surface area contributed by atoms with E-state index >= 15 is 0 Å². The Morgan fingerprint density at radius 3 is 2.59 bits per heavy atom. The van der Waals surface area contributed by atoms with E-state index in [1.807, 2.05) is 6.07 Å². The fourth-order valence-corrected chi connectivity index (χ4v) is 4.90. The molecule has 9 heteroatoms. The molecule has 2 aliphatic heterocycles. The summed E-state index contributed by atoms with van der Waals surface area (Å²) in [5.41, 5.74) is 1.22. The second-order valence-corrected chi connectivity index (χ2v) is 9.14. The molecule has 2 atom stereocenters. The van der Waals surface area contributed by atoms with Crippen LogP contribution in [-0.2, 0) is 16.6 Å². The van der Waals surface area contributed by atoms with Gasteiger partial charge in [0, 0.05) is 49.2 Å². The van der Waals surface area contributed by atoms with E-state index in [1.165, 1.54) is 23.0 Å². The molecule has 0 aliphatic carbocycles. The molecule has 2 aliphatic rings. The first kappa shape index (κ1) is 17.9. The van der Waals surface area contributed by atoms with Crippen molar-refractivity contribution in [3.63, 3.8) is 0 Å². The van der Waals surface area contributed by atoms with Crippen molar-refractivity contribution in [3.8, 4) is 0 Å². The van der Waals surface area contributed by atoms with Crippen LogP contribution in [-0.4, -0.2) is 47.5 Å². The van der Waals surface area contributed by atoms with E-state index in [0.717, 1.165) is 12.1 Å². The highest BCUT2D eigenvalue weighted by Gasteiger charge is 2.37. The van der Waals surface area contributed by atoms with Crippen LogP contribution in [0.25, 0.3) is 0 Å². The fraction of sp³-hybridized carbons (Fsp3) is 0.389. The molecule has 2 aromatic rings. The lowest BCUT2D eigenvalue weighted by Gasteiger charge is -2.41. The van der Waals surface area contributed by atoms with E-state index in [0.29, 0.717) is 25.2 Å². The maximum atomic E-state index is 12.9. The predicted octanol–water partition coefficient (Wildman–Crippen LogP) is 0.874. The normalized spacial score (nSPS) is 22.1. The van der Waals surface area contributed by atoms with Gasteiger partial charge in [-0.3, -0.25) is 14.6 Å². The van der Waals surface area contributed by atoms with Crippen molar-refractivity contribution < 1.29 is 13.2 Å². The number of nitrogens with zero attached hydrogens (tertiary/aromatic N) is 3. The number of aromatic nitrogens is 2. The summed E-state index contributed by atoms with van der Waals surface area (Å²) >= 11 is 0. The lowest BCUT2D eigenvalue weighted by Crippen LogP contribution is -2.49. The minimum Gasteiger partial charge on any atom is -0.317 e. The van der Waals surface area contributed by atoms with Crippen molar-refractivity contribution in [2.75, 3.05) is 24.7 Å². The molecule has 27 heavy (non-hydrogen) atoms. The van der Waals surface area contributed by atoms with Gasteiger partial charge in [0.1, 0.15) is 5.69 Å². The summed E-state index contributed by atoms with van der Waals surface area (Å²) in [7, 11) is -3.25. The summed E-state index contributed by atoms with van der Waals surface area (Å²) in [6, 6.07) is 6.58. The molecule has 1 N–H and O–H groups in total. The lowest BCUT2D eigenvalue weighted by atomic mass is 9.84. The summed E-state index contributed by atoms with van der Waals surface area (Å²) in [5.74, 6) is -0.283. The molecule has 0 unspecified atom stereocenters. The molecule has 4 heterocycles. The van der Waals surface area contributed by atoms with Gasteiger partial charge in [0.05, 0.1) is 6.26 Å². The van der Waals surface area contributed by atoms with Crippen molar-refractivity contribution in [1.29, 1.82) is 0 Å². The molecule has 2 bridgehead atoms. The molecule has 1 amide bonds. The Labute approximate surface area is 156 Å². The smallest absolute Gasteiger partial charge is 0.274 e. The van der Waals surface area contributed by atoms with Crippen LogP contribution in [0.1, 0.15) is 28.4 Å². The van der Waals surface area contributed by atoms with Crippen LogP contribution in [0.3, 0.4) is 0 Å². The highest BCUT2D eigenvalue weighted by atomic mass is 32.2. The van der Waals surface area contributed by atoms with Crippen LogP contribution in [0.5, 0.6) is 0 Å². The topological polar surface area (TPSA) is 101 Å². The largest absolute Gasteiger partial charge is 0.317 e. The first-order valence-electron chi connectivity index (χ1n) is 8.73. The number of carbonyl (C=O) groups is 1. The molecule has 4 rings (SSSR count). The number of piperidine rings is 1. The third-order valence-electron chi connectivity index (χ3n) is 5.23. The van der Waals surface area contributed by atoms with Gasteiger partial charge in [-0.15, -0.1) is 0 Å². The van der Waals surface area contributed by atoms with Gasteiger partial charge < -0.3 is 9.88 Å². The molecule has 1 saturated heterocycles. The van der Waals surface area contributed by atoms with Gasteiger partial charge in [0.25, 0.3) is 11.5 Å². The maximum absolute atomic E-state index is 12.9. The fourth-order valence-electron chi connectivity index (χ4n) is 3.97. The second-order valence-electron chi connectivity index (χ2n) is 7.16. The summed E-state index contributed by atoms with van der Waals surface area (Å²) in [6.07, 6.45) is 5.12. The number of fused-ring (bicyclic) bond motifs is 4. The number of nitrogens with one attached hydrogen (secondary N) is 1. The molecule has 0 radical (unpaired) electrons. The minimum atomic E-state index is -3.25. The number of amides is 1. The zero-order valence-corrected chi connectivity index (χ0v) is 15.6. The van der Waals surface area contributed by atoms with E-state index in [-0.39, 0.29) is 29.0 Å². The standard InChI is InChI=1S/C18H20N4O4S/c1-27(25,26)21-9-12-8-14(11-21)16-3-2-15(18(24)22(16)10-12)20-17(23)13-4-6-19-7-5-13/h2-7,12,14H,8-11H2,1H3,(H,20,23)/t12-,14-/m1/s1. The van der Waals surface area contributed by atoms with Gasteiger partial charge in [-0.2, -0.15) is 0 Å². The Bertz CT molecular complexity index is 1050. The molecular weight excluding hydrogens is 368 g/mol. The number of hydrogen-bond donors (Lipinski definition) is 1. The van der Waals surface area contributed by atoms with Gasteiger partial charge in [0.15, 0.2) is 0 Å². The van der Waals surface area contributed by atoms with Gasteiger partial charge in [-0.25, -0.2) is 12.7 Å². The van der Waals surface area contributed by atoms with Gasteiger partial charge in [-0.05, 0) is 36.6 Å². The van der Waals surface area contributed by atoms with E-state index < -0.39 is 10.0 Å². The lowest BCUT2D eigenvalue weighted by molar-refractivity contribution is 0.102. The van der Waals surface area contributed by atoms with Crippen molar-refractivity contribution in [1.82, 2.24) is 13.9 Å². The molecule has 1 fully saturated rings. The quantitative estimate of drug-likeness (QED) is 0.841. The molecule has 0 aromatic carbocycles. The molecule has 2 aromatic heterocycles. The van der Waals surface area contributed by atoms with Crippen LogP contribution in [0, 0.1) is 5.92 Å². The van der Waals surface area contributed by atoms with Crippen LogP contribution in [0.4, 0.5) is 5.69 Å². The Balaban J connectivity index is 1.63. The van der Waals surface area contributed by atoms with Crippen molar-refractivity contribution >= 4 is 21.6 Å². The van der Waals surface area contributed by atoms with Gasteiger partial charge in [0.2, 0.25) is 10.0 Å². The van der Waals surface area contributed by atoms with E-state index in [9.17, 15) is 18.0 Å². The number of rotatable bonds is 3. The molecule has 8 nitrogen and oxygen atoms in total. The van der Waals surface area contributed by atoms with E-state index in [1.54, 1.807) is 22.8 Å². The monoisotopic (exact) mass is 388 g/mol. The number of carbonyl (C=O) groups excluding carboxylic acids is 1. The number of pyridine rings is 2. The Hall–Kier alpha value is -2.52. The Morgan fingerprint density at radius 1 is 1.15 bits per heavy atom.